The summed E-state index contributed by atoms with van der Waals surface area (Å²) in [5.41, 5.74) is 1.40. The number of nitrogens with zero attached hydrogens (tertiary/aromatic N) is 4. The van der Waals surface area contributed by atoms with Gasteiger partial charge in [-0.3, -0.25) is 0 Å². The average Bonchev–Trinajstić information content (AvgIpc) is 2.77. The van der Waals surface area contributed by atoms with E-state index in [0.29, 0.717) is 31.2 Å². The molecular formula is C25H34N4O4. The minimum atomic E-state index is -1.02. The number of aromatic nitrogens is 2. The minimum absolute atomic E-state index is 0.143. The van der Waals surface area contributed by atoms with Gasteiger partial charge >= 0.3 is 12.1 Å². The van der Waals surface area contributed by atoms with E-state index in [4.69, 9.17) is 4.74 Å². The molecule has 1 aliphatic heterocycles. The molecule has 0 bridgehead atoms. The summed E-state index contributed by atoms with van der Waals surface area (Å²) in [7, 11) is 1.92. The van der Waals surface area contributed by atoms with E-state index in [9.17, 15) is 14.7 Å². The van der Waals surface area contributed by atoms with Crippen molar-refractivity contribution in [1.82, 2.24) is 14.9 Å². The minimum Gasteiger partial charge on any atom is -0.478 e. The van der Waals surface area contributed by atoms with Crippen LogP contribution in [0.4, 0.5) is 10.7 Å². The first kappa shape index (κ1) is 24.5. The summed E-state index contributed by atoms with van der Waals surface area (Å²) >= 11 is 0. The number of anilines is 1. The Hall–Kier alpha value is -3.16. The molecule has 0 unspecified atom stereocenters. The van der Waals surface area contributed by atoms with E-state index in [1.165, 1.54) is 11.8 Å². The maximum atomic E-state index is 12.3. The SMILES string of the molecule is CN(CCc1ccccc1)c1ncc(C(=O)O)c(CC2CCN(C(=O)OC(C)(C)C)CC2)n1. The number of benzene rings is 1. The molecule has 0 atom stereocenters. The second-order valence-corrected chi connectivity index (χ2v) is 9.61. The number of piperidine rings is 1. The number of carbonyl (C=O) groups excluding carboxylic acids is 1. The number of amides is 1. The van der Waals surface area contributed by atoms with Gasteiger partial charge in [0, 0.05) is 32.9 Å². The summed E-state index contributed by atoms with van der Waals surface area (Å²) in [5, 5.41) is 9.64. The second kappa shape index (κ2) is 10.6. The van der Waals surface area contributed by atoms with Crippen molar-refractivity contribution < 1.29 is 19.4 Å². The largest absolute Gasteiger partial charge is 0.478 e. The van der Waals surface area contributed by atoms with Crippen LogP contribution in [0.2, 0.25) is 0 Å². The fraction of sp³-hybridized carbons (Fsp3) is 0.520. The Bertz CT molecular complexity index is 951. The number of likely N-dealkylation sites (N-methyl/N-ethyl adjacent to an activating group) is 1. The van der Waals surface area contributed by atoms with Gasteiger partial charge in [-0.15, -0.1) is 0 Å². The predicted molar refractivity (Wildman–Crippen MR) is 127 cm³/mol. The summed E-state index contributed by atoms with van der Waals surface area (Å²) < 4.78 is 5.46. The number of carboxylic acid groups (broad SMARTS) is 1. The first-order chi connectivity index (χ1) is 15.6. The van der Waals surface area contributed by atoms with Gasteiger partial charge in [-0.25, -0.2) is 19.6 Å². The van der Waals surface area contributed by atoms with Gasteiger partial charge in [-0.2, -0.15) is 0 Å². The fourth-order valence-corrected chi connectivity index (χ4v) is 3.89. The molecule has 0 aliphatic carbocycles. The summed E-state index contributed by atoms with van der Waals surface area (Å²) in [4.78, 5) is 36.7. The zero-order valence-corrected chi connectivity index (χ0v) is 20.0. The maximum Gasteiger partial charge on any atom is 0.410 e. The molecule has 2 heterocycles. The van der Waals surface area contributed by atoms with E-state index >= 15 is 0 Å². The number of carbonyl (C=O) groups is 2. The molecule has 33 heavy (non-hydrogen) atoms. The standard InChI is InChI=1S/C25H34N4O4/c1-25(2,3)33-24(32)29-14-11-19(12-15-29)16-21-20(22(30)31)17-26-23(27-21)28(4)13-10-18-8-6-5-7-9-18/h5-9,17,19H,10-16H2,1-4H3,(H,30,31). The van der Waals surface area contributed by atoms with Crippen LogP contribution in [-0.4, -0.2) is 64.3 Å². The van der Waals surface area contributed by atoms with Gasteiger partial charge in [-0.05, 0) is 57.9 Å². The molecule has 1 amide bonds. The molecule has 1 saturated heterocycles. The summed E-state index contributed by atoms with van der Waals surface area (Å²) in [6, 6.07) is 10.2. The Morgan fingerprint density at radius 1 is 1.18 bits per heavy atom. The number of hydrogen-bond acceptors (Lipinski definition) is 6. The molecule has 2 aromatic rings. The lowest BCUT2D eigenvalue weighted by Gasteiger charge is -2.33. The van der Waals surface area contributed by atoms with Crippen LogP contribution in [0, 0.1) is 5.92 Å². The highest BCUT2D eigenvalue weighted by Gasteiger charge is 2.28. The average molecular weight is 455 g/mol. The van der Waals surface area contributed by atoms with Gasteiger partial charge in [0.05, 0.1) is 11.3 Å². The molecule has 0 saturated carbocycles. The Balaban J connectivity index is 1.63. The van der Waals surface area contributed by atoms with Crippen LogP contribution in [0.3, 0.4) is 0 Å². The molecule has 1 fully saturated rings. The monoisotopic (exact) mass is 454 g/mol. The number of carboxylic acids is 1. The van der Waals surface area contributed by atoms with E-state index < -0.39 is 11.6 Å². The topological polar surface area (TPSA) is 95.9 Å². The summed E-state index contributed by atoms with van der Waals surface area (Å²) in [6.07, 6.45) is 4.07. The Kier molecular flexibility index (Phi) is 7.89. The van der Waals surface area contributed by atoms with Crippen LogP contribution < -0.4 is 4.90 Å². The van der Waals surface area contributed by atoms with Gasteiger partial charge in [0.15, 0.2) is 0 Å². The van der Waals surface area contributed by atoms with Crippen molar-refractivity contribution in [2.45, 2.75) is 52.1 Å². The first-order valence-electron chi connectivity index (χ1n) is 11.4. The van der Waals surface area contributed by atoms with Gasteiger partial charge < -0.3 is 19.6 Å². The van der Waals surface area contributed by atoms with Crippen molar-refractivity contribution >= 4 is 18.0 Å². The zero-order chi connectivity index (χ0) is 24.0. The van der Waals surface area contributed by atoms with Crippen molar-refractivity contribution in [2.75, 3.05) is 31.6 Å². The quantitative estimate of drug-likeness (QED) is 0.674. The van der Waals surface area contributed by atoms with Gasteiger partial charge in [-0.1, -0.05) is 30.3 Å². The van der Waals surface area contributed by atoms with Crippen LogP contribution >= 0.6 is 0 Å². The van der Waals surface area contributed by atoms with Gasteiger partial charge in [0.2, 0.25) is 5.95 Å². The lowest BCUT2D eigenvalue weighted by molar-refractivity contribution is 0.0184. The third kappa shape index (κ3) is 7.17. The molecule has 178 valence electrons. The lowest BCUT2D eigenvalue weighted by Crippen LogP contribution is -2.42. The number of rotatable bonds is 7. The van der Waals surface area contributed by atoms with Crippen molar-refractivity contribution in [3.63, 3.8) is 0 Å². The van der Waals surface area contributed by atoms with Crippen LogP contribution in [-0.2, 0) is 17.6 Å². The van der Waals surface area contributed by atoms with E-state index in [1.807, 2.05) is 50.9 Å². The maximum absolute atomic E-state index is 12.3. The van der Waals surface area contributed by atoms with E-state index in [0.717, 1.165) is 25.8 Å². The van der Waals surface area contributed by atoms with Crippen LogP contribution in [0.5, 0.6) is 0 Å². The molecule has 8 nitrogen and oxygen atoms in total. The number of hydrogen-bond donors (Lipinski definition) is 1. The third-order valence-electron chi connectivity index (χ3n) is 5.75. The molecule has 3 rings (SSSR count). The summed E-state index contributed by atoms with van der Waals surface area (Å²) in [6.45, 7) is 7.48. The van der Waals surface area contributed by atoms with Gasteiger partial charge in [0.1, 0.15) is 5.60 Å². The number of aromatic carboxylic acids is 1. The Labute approximate surface area is 195 Å². The zero-order valence-electron chi connectivity index (χ0n) is 20.0. The van der Waals surface area contributed by atoms with Crippen molar-refractivity contribution in [3.05, 3.63) is 53.3 Å². The van der Waals surface area contributed by atoms with Gasteiger partial charge in [0.25, 0.3) is 0 Å². The Morgan fingerprint density at radius 3 is 2.45 bits per heavy atom. The first-order valence-corrected chi connectivity index (χ1v) is 11.4. The van der Waals surface area contributed by atoms with E-state index in [-0.39, 0.29) is 17.6 Å². The Morgan fingerprint density at radius 2 is 1.85 bits per heavy atom. The highest BCUT2D eigenvalue weighted by Crippen LogP contribution is 2.24. The molecular weight excluding hydrogens is 420 g/mol. The van der Waals surface area contributed by atoms with Crippen LogP contribution in [0.1, 0.15) is 55.2 Å². The summed E-state index contributed by atoms with van der Waals surface area (Å²) in [5.74, 6) is -0.244. The third-order valence-corrected chi connectivity index (χ3v) is 5.75. The van der Waals surface area contributed by atoms with Crippen LogP contribution in [0.15, 0.2) is 36.5 Å². The van der Waals surface area contributed by atoms with Crippen molar-refractivity contribution in [1.29, 1.82) is 0 Å². The van der Waals surface area contributed by atoms with E-state index in [1.54, 1.807) is 4.90 Å². The molecule has 0 spiro atoms. The van der Waals surface area contributed by atoms with Crippen LogP contribution in [0.25, 0.3) is 0 Å². The molecule has 1 aromatic heterocycles. The molecule has 8 heteroatoms. The molecule has 0 radical (unpaired) electrons. The molecule has 1 aliphatic rings. The highest BCUT2D eigenvalue weighted by atomic mass is 16.6. The van der Waals surface area contributed by atoms with Crippen molar-refractivity contribution in [3.8, 4) is 0 Å². The normalized spacial score (nSPS) is 14.7. The van der Waals surface area contributed by atoms with E-state index in [2.05, 4.69) is 22.1 Å². The second-order valence-electron chi connectivity index (χ2n) is 9.61. The fourth-order valence-electron chi connectivity index (χ4n) is 3.89. The highest BCUT2D eigenvalue weighted by molar-refractivity contribution is 5.88. The lowest BCUT2D eigenvalue weighted by atomic mass is 9.91. The smallest absolute Gasteiger partial charge is 0.410 e. The number of ether oxygens (including phenoxy) is 1. The predicted octanol–water partition coefficient (Wildman–Crippen LogP) is 4.04. The number of likely N-dealkylation sites (tertiary alicyclic amines) is 1. The molecule has 1 aromatic carbocycles. The molecule has 1 N–H and O–H groups in total. The van der Waals surface area contributed by atoms with Crippen molar-refractivity contribution in [2.24, 2.45) is 5.92 Å².